The molecule has 0 aliphatic rings. The smallest absolute Gasteiger partial charge is 0.154 e. The highest BCUT2D eigenvalue weighted by molar-refractivity contribution is 5.61. The summed E-state index contributed by atoms with van der Waals surface area (Å²) in [5.41, 5.74) is 0. The predicted octanol–water partition coefficient (Wildman–Crippen LogP) is 3.23. The first-order valence-electron chi connectivity index (χ1n) is 4.16. The van der Waals surface area contributed by atoms with Gasteiger partial charge in [0.15, 0.2) is 6.34 Å². The summed E-state index contributed by atoms with van der Waals surface area (Å²) in [4.78, 5) is 7.79. The zero-order valence-electron chi connectivity index (χ0n) is 8.74. The molecule has 12 heavy (non-hydrogen) atoms. The Balaban J connectivity index is -0.000000175. The minimum atomic E-state index is 1.22. The third-order valence-electron chi connectivity index (χ3n) is 0.387. The van der Waals surface area contributed by atoms with Crippen molar-refractivity contribution in [1.29, 1.82) is 0 Å². The number of oxime groups is 1. The van der Waals surface area contributed by atoms with Gasteiger partial charge in [-0.25, -0.2) is 4.99 Å². The van der Waals surface area contributed by atoms with Crippen molar-refractivity contribution in [1.82, 2.24) is 0 Å². The van der Waals surface area contributed by atoms with Gasteiger partial charge in [-0.05, 0) is 19.7 Å². The van der Waals surface area contributed by atoms with Crippen LogP contribution in [0.5, 0.6) is 0 Å². The van der Waals surface area contributed by atoms with Crippen LogP contribution in [0.4, 0.5) is 0 Å². The largest absolute Gasteiger partial charge is 0.364 e. The fraction of sp³-hybridized carbons (Fsp3) is 0.556. The Labute approximate surface area is 75.8 Å². The lowest BCUT2D eigenvalue weighted by atomic mass is 10.7. The molecule has 0 saturated heterocycles. The molecule has 0 aromatic carbocycles. The van der Waals surface area contributed by atoms with Crippen molar-refractivity contribution in [3.8, 4) is 0 Å². The molecule has 0 heterocycles. The molecule has 0 aromatic heterocycles. The van der Waals surface area contributed by atoms with E-state index in [-0.39, 0.29) is 0 Å². The highest BCUT2D eigenvalue weighted by Gasteiger charge is 1.60. The zero-order valence-corrected chi connectivity index (χ0v) is 8.74. The Morgan fingerprint density at radius 2 is 1.67 bits per heavy atom. The monoisotopic (exact) mass is 172 g/mol. The summed E-state index contributed by atoms with van der Waals surface area (Å²) in [6.07, 6.45) is 4.39. The second-order valence-corrected chi connectivity index (χ2v) is 0.978. The second-order valence-electron chi connectivity index (χ2n) is 0.978. The maximum Gasteiger partial charge on any atom is 0.154 e. The van der Waals surface area contributed by atoms with Gasteiger partial charge in [0.05, 0.1) is 0 Å². The minimum absolute atomic E-state index is 1.22. The zero-order chi connectivity index (χ0) is 10.2. The van der Waals surface area contributed by atoms with E-state index < -0.39 is 0 Å². The van der Waals surface area contributed by atoms with Crippen molar-refractivity contribution in [3.05, 3.63) is 12.3 Å². The second kappa shape index (κ2) is 32.7. The molecule has 0 N–H and O–H groups in total. The first kappa shape index (κ1) is 17.1. The van der Waals surface area contributed by atoms with E-state index in [9.17, 15) is 0 Å². The average Bonchev–Trinajstić information content (AvgIpc) is 2.19. The van der Waals surface area contributed by atoms with E-state index in [4.69, 9.17) is 0 Å². The quantitative estimate of drug-likeness (QED) is 0.278. The molecule has 0 bridgehead atoms. The number of hydrogen-bond acceptors (Lipinski definition) is 2. The summed E-state index contributed by atoms with van der Waals surface area (Å²) in [5.74, 6) is 0. The molecule has 0 atom stereocenters. The molecule has 0 spiro atoms. The molecule has 0 amide bonds. The van der Waals surface area contributed by atoms with Crippen molar-refractivity contribution in [2.24, 2.45) is 10.1 Å². The molecular formula is C9H20N2O. The Hall–Kier alpha value is -1.12. The van der Waals surface area contributed by atoms with Crippen molar-refractivity contribution in [2.75, 3.05) is 0 Å². The predicted molar refractivity (Wildman–Crippen MR) is 56.6 cm³/mol. The molecule has 3 heteroatoms. The Bertz CT molecular complexity index is 109. The van der Waals surface area contributed by atoms with Gasteiger partial charge in [0.25, 0.3) is 0 Å². The Kier molecular flexibility index (Phi) is 46.6. The van der Waals surface area contributed by atoms with Crippen LogP contribution in [0.15, 0.2) is 22.5 Å². The molecule has 0 fully saturated rings. The van der Waals surface area contributed by atoms with Crippen LogP contribution < -0.4 is 0 Å². The van der Waals surface area contributed by atoms with Gasteiger partial charge in [0, 0.05) is 0 Å². The standard InChI is InChI=1S/C5H8N2O.2C2H6/c1-3-4-8-7-5-6-2;2*1-2/h3-5H,2H2,1H3;2*1-2H3/b4-3-,7-5-;;. The summed E-state index contributed by atoms with van der Waals surface area (Å²) in [6, 6.07) is 0. The summed E-state index contributed by atoms with van der Waals surface area (Å²) < 4.78 is 0. The van der Waals surface area contributed by atoms with Crippen molar-refractivity contribution in [3.63, 3.8) is 0 Å². The van der Waals surface area contributed by atoms with Crippen LogP contribution in [-0.4, -0.2) is 13.1 Å². The van der Waals surface area contributed by atoms with Crippen molar-refractivity contribution >= 4 is 13.1 Å². The van der Waals surface area contributed by atoms with Crippen molar-refractivity contribution in [2.45, 2.75) is 34.6 Å². The molecule has 0 unspecified atom stereocenters. The normalized spacial score (nSPS) is 8.08. The summed E-state index contributed by atoms with van der Waals surface area (Å²) in [7, 11) is 0. The van der Waals surface area contributed by atoms with Gasteiger partial charge in [0.1, 0.15) is 6.26 Å². The van der Waals surface area contributed by atoms with E-state index in [1.807, 2.05) is 34.6 Å². The maximum absolute atomic E-state index is 4.48. The van der Waals surface area contributed by atoms with E-state index in [2.05, 4.69) is 21.7 Å². The summed E-state index contributed by atoms with van der Waals surface area (Å²) in [5, 5.41) is 3.34. The third kappa shape index (κ3) is 36.6. The lowest BCUT2D eigenvalue weighted by Crippen LogP contribution is -1.66. The highest BCUT2D eigenvalue weighted by atomic mass is 16.6. The van der Waals surface area contributed by atoms with E-state index in [0.717, 1.165) is 0 Å². The van der Waals surface area contributed by atoms with Crippen LogP contribution in [0.3, 0.4) is 0 Å². The molecule has 0 aliphatic heterocycles. The summed E-state index contributed by atoms with van der Waals surface area (Å²) in [6.45, 7) is 13.0. The number of hydrogen-bond donors (Lipinski definition) is 0. The van der Waals surface area contributed by atoms with Crippen molar-refractivity contribution < 1.29 is 4.84 Å². The first-order chi connectivity index (χ1) is 5.91. The van der Waals surface area contributed by atoms with Gasteiger partial charge in [-0.1, -0.05) is 32.9 Å². The molecule has 0 aromatic rings. The first-order valence-corrected chi connectivity index (χ1v) is 4.16. The summed E-state index contributed by atoms with van der Waals surface area (Å²) >= 11 is 0. The average molecular weight is 172 g/mol. The molecular weight excluding hydrogens is 152 g/mol. The van der Waals surface area contributed by atoms with Gasteiger partial charge in [-0.15, -0.1) is 0 Å². The van der Waals surface area contributed by atoms with Gasteiger partial charge < -0.3 is 4.84 Å². The Morgan fingerprint density at radius 3 is 2.00 bits per heavy atom. The lowest BCUT2D eigenvalue weighted by molar-refractivity contribution is 0.269. The third-order valence-corrected chi connectivity index (χ3v) is 0.387. The van der Waals surface area contributed by atoms with E-state index in [1.54, 1.807) is 6.08 Å². The van der Waals surface area contributed by atoms with Crippen LogP contribution in [0.25, 0.3) is 0 Å². The molecule has 0 rings (SSSR count). The van der Waals surface area contributed by atoms with Gasteiger partial charge in [-0.2, -0.15) is 0 Å². The number of allylic oxidation sites excluding steroid dienone is 1. The molecule has 0 saturated carbocycles. The van der Waals surface area contributed by atoms with Gasteiger partial charge in [-0.3, -0.25) is 0 Å². The fourth-order valence-corrected chi connectivity index (χ4v) is 0.157. The highest BCUT2D eigenvalue weighted by Crippen LogP contribution is 1.74. The van der Waals surface area contributed by atoms with E-state index in [1.165, 1.54) is 12.6 Å². The van der Waals surface area contributed by atoms with Crippen LogP contribution in [0.1, 0.15) is 34.6 Å². The molecule has 3 nitrogen and oxygen atoms in total. The molecule has 0 radical (unpaired) electrons. The van der Waals surface area contributed by atoms with Gasteiger partial charge >= 0.3 is 0 Å². The molecule has 72 valence electrons. The number of rotatable bonds is 3. The van der Waals surface area contributed by atoms with E-state index in [0.29, 0.717) is 0 Å². The van der Waals surface area contributed by atoms with Crippen LogP contribution >= 0.6 is 0 Å². The topological polar surface area (TPSA) is 34.0 Å². The number of nitrogens with zero attached hydrogens (tertiary/aromatic N) is 2. The van der Waals surface area contributed by atoms with Crippen LogP contribution in [0, 0.1) is 0 Å². The minimum Gasteiger partial charge on any atom is -0.364 e. The Morgan fingerprint density at radius 1 is 1.17 bits per heavy atom. The fourth-order valence-electron chi connectivity index (χ4n) is 0.157. The van der Waals surface area contributed by atoms with Crippen LogP contribution in [-0.2, 0) is 4.84 Å². The lowest BCUT2D eigenvalue weighted by Gasteiger charge is -1.80. The maximum atomic E-state index is 4.48. The van der Waals surface area contributed by atoms with E-state index >= 15 is 0 Å². The SMILES string of the molecule is C=N/C=N\O/C=C\C.CC.CC. The van der Waals surface area contributed by atoms with Gasteiger partial charge in [0.2, 0.25) is 0 Å². The van der Waals surface area contributed by atoms with Crippen LogP contribution in [0.2, 0.25) is 0 Å². The number of aliphatic imine (C=N–C) groups is 1. The molecule has 0 aliphatic carbocycles.